The molecule has 9 heteroatoms. The van der Waals surface area contributed by atoms with Gasteiger partial charge >= 0.3 is 6.18 Å². The van der Waals surface area contributed by atoms with Gasteiger partial charge in [0.05, 0.1) is 6.61 Å². The molecule has 0 radical (unpaired) electrons. The van der Waals surface area contributed by atoms with E-state index >= 15 is 0 Å². The molecule has 0 aromatic carbocycles. The van der Waals surface area contributed by atoms with Gasteiger partial charge in [-0.2, -0.15) is 13.2 Å². The van der Waals surface area contributed by atoms with Crippen LogP contribution < -0.4 is 4.74 Å². The predicted octanol–water partition coefficient (Wildman–Crippen LogP) is 5.09. The third kappa shape index (κ3) is 4.15. The second kappa shape index (κ2) is 7.74. The molecule has 0 spiro atoms. The van der Waals surface area contributed by atoms with Crippen LogP contribution in [0.2, 0.25) is 0 Å². The highest BCUT2D eigenvalue weighted by Crippen LogP contribution is 2.49. The van der Waals surface area contributed by atoms with E-state index in [0.717, 1.165) is 6.42 Å². The number of aliphatic hydroxyl groups is 1. The van der Waals surface area contributed by atoms with E-state index in [1.54, 1.807) is 6.07 Å². The van der Waals surface area contributed by atoms with E-state index in [2.05, 4.69) is 4.98 Å². The minimum absolute atomic E-state index is 0.0948. The van der Waals surface area contributed by atoms with Gasteiger partial charge in [0.25, 0.3) is 0 Å². The maximum atomic E-state index is 13.5. The Morgan fingerprint density at radius 3 is 2.64 bits per heavy atom. The Bertz CT molecular complexity index is 664. The van der Waals surface area contributed by atoms with Crippen molar-refractivity contribution in [2.45, 2.75) is 36.9 Å². The van der Waals surface area contributed by atoms with Crippen LogP contribution in [0.15, 0.2) is 47.0 Å². The maximum absolute atomic E-state index is 13.5. The highest BCUT2D eigenvalue weighted by Gasteiger charge is 2.62. The quantitative estimate of drug-likeness (QED) is 0.536. The molecule has 0 aliphatic heterocycles. The van der Waals surface area contributed by atoms with E-state index in [1.807, 2.05) is 6.92 Å². The zero-order chi connectivity index (χ0) is 18.7. The minimum Gasteiger partial charge on any atom is -0.504 e. The van der Waals surface area contributed by atoms with Crippen LogP contribution in [0.4, 0.5) is 13.2 Å². The van der Waals surface area contributed by atoms with Gasteiger partial charge < -0.3 is 14.6 Å². The predicted molar refractivity (Wildman–Crippen MR) is 87.7 cm³/mol. The third-order valence-electron chi connectivity index (χ3n) is 3.46. The Kier molecular flexibility index (Phi) is 6.11. The summed E-state index contributed by atoms with van der Waals surface area (Å²) in [6, 6.07) is 4.49. The molecule has 2 atom stereocenters. The van der Waals surface area contributed by atoms with Gasteiger partial charge in [-0.25, -0.2) is 4.98 Å². The summed E-state index contributed by atoms with van der Waals surface area (Å²) in [7, 11) is 0. The molecule has 0 bridgehead atoms. The largest absolute Gasteiger partial charge is 0.504 e. The topological polar surface area (TPSA) is 51.6 Å². The van der Waals surface area contributed by atoms with Crippen molar-refractivity contribution in [1.82, 2.24) is 4.98 Å². The fourth-order valence-electron chi connectivity index (χ4n) is 2.13. The van der Waals surface area contributed by atoms with E-state index in [9.17, 15) is 18.3 Å². The molecule has 4 nitrogen and oxygen atoms in total. The van der Waals surface area contributed by atoms with Crippen molar-refractivity contribution < 1.29 is 27.8 Å². The van der Waals surface area contributed by atoms with Crippen molar-refractivity contribution >= 4 is 23.2 Å². The van der Waals surface area contributed by atoms with Gasteiger partial charge in [0.15, 0.2) is 17.6 Å². The van der Waals surface area contributed by atoms with Gasteiger partial charge in [-0.1, -0.05) is 42.6 Å². The minimum atomic E-state index is -4.95. The Morgan fingerprint density at radius 1 is 1.36 bits per heavy atom. The number of ether oxygens (including phenoxy) is 2. The second-order valence-electron chi connectivity index (χ2n) is 5.34. The lowest BCUT2D eigenvalue weighted by atomic mass is 9.93. The average Bonchev–Trinajstić information content (AvgIpc) is 2.54. The highest BCUT2D eigenvalue weighted by atomic mass is 35.5. The summed E-state index contributed by atoms with van der Waals surface area (Å²) in [5, 5.41) is 9.48. The first kappa shape index (κ1) is 19.7. The molecule has 1 aliphatic rings. The van der Waals surface area contributed by atoms with Crippen LogP contribution in [0.5, 0.6) is 5.88 Å². The Balaban J connectivity index is 2.43. The first-order valence-electron chi connectivity index (χ1n) is 7.48. The molecular weight excluding hydrogens is 382 g/mol. The fraction of sp³-hybridized carbons (Fsp3) is 0.438. The molecule has 25 heavy (non-hydrogen) atoms. The standard InChI is InChI=1S/C16H16Cl2F3NO3/c1-2-3-8-24-13-10(23)9-15(18,16(19,20)21)14(12(13)17)25-11-6-4-5-7-22-11/h4-7,9,14,23H,2-3,8H2,1H3. The summed E-state index contributed by atoms with van der Waals surface area (Å²) in [6.45, 7) is 2.09. The Labute approximate surface area is 152 Å². The van der Waals surface area contributed by atoms with Crippen LogP contribution in [0.3, 0.4) is 0 Å². The van der Waals surface area contributed by atoms with Gasteiger partial charge in [0, 0.05) is 12.3 Å². The lowest BCUT2D eigenvalue weighted by Gasteiger charge is -2.37. The number of halogens is 5. The number of aromatic nitrogens is 1. The number of hydrogen-bond acceptors (Lipinski definition) is 4. The molecule has 0 saturated carbocycles. The van der Waals surface area contributed by atoms with Gasteiger partial charge in [-0.15, -0.1) is 0 Å². The first-order chi connectivity index (χ1) is 11.7. The molecule has 1 heterocycles. The lowest BCUT2D eigenvalue weighted by molar-refractivity contribution is -0.166. The Hall–Kier alpha value is -1.60. The van der Waals surface area contributed by atoms with Crippen LogP contribution >= 0.6 is 23.2 Å². The smallest absolute Gasteiger partial charge is 0.415 e. The zero-order valence-electron chi connectivity index (χ0n) is 13.2. The number of alkyl halides is 4. The molecule has 1 N–H and O–H groups in total. The van der Waals surface area contributed by atoms with Crippen LogP contribution in [0, 0.1) is 0 Å². The number of rotatable bonds is 6. The van der Waals surface area contributed by atoms with Crippen molar-refractivity contribution in [2.24, 2.45) is 0 Å². The normalized spacial score (nSPS) is 24.1. The molecule has 1 aromatic heterocycles. The number of pyridine rings is 1. The molecule has 2 rings (SSSR count). The van der Waals surface area contributed by atoms with Gasteiger partial charge in [-0.3, -0.25) is 0 Å². The van der Waals surface area contributed by atoms with E-state index in [1.165, 1.54) is 18.3 Å². The van der Waals surface area contributed by atoms with Crippen LogP contribution in [0.1, 0.15) is 19.8 Å². The van der Waals surface area contributed by atoms with Crippen molar-refractivity contribution in [3.05, 3.63) is 47.0 Å². The molecule has 0 fully saturated rings. The van der Waals surface area contributed by atoms with Crippen molar-refractivity contribution in [3.8, 4) is 5.88 Å². The monoisotopic (exact) mass is 397 g/mol. The van der Waals surface area contributed by atoms with E-state index < -0.39 is 27.9 Å². The molecule has 2 unspecified atom stereocenters. The molecular formula is C16H16Cl2F3NO3. The zero-order valence-corrected chi connectivity index (χ0v) is 14.7. The first-order valence-corrected chi connectivity index (χ1v) is 8.24. The van der Waals surface area contributed by atoms with Crippen LogP contribution in [-0.4, -0.2) is 33.9 Å². The number of unbranched alkanes of at least 4 members (excludes halogenated alkanes) is 1. The summed E-state index contributed by atoms with van der Waals surface area (Å²) in [5.41, 5.74) is 0. The van der Waals surface area contributed by atoms with Gasteiger partial charge in [0.1, 0.15) is 5.03 Å². The SMILES string of the molecule is CCCCOC1=C(Cl)C(Oc2ccccn2)C(Cl)(C(F)(F)F)C=C1O. The summed E-state index contributed by atoms with van der Waals surface area (Å²) < 4.78 is 51.3. The van der Waals surface area contributed by atoms with Gasteiger partial charge in [0.2, 0.25) is 10.8 Å². The maximum Gasteiger partial charge on any atom is 0.415 e. The molecule has 1 aliphatic carbocycles. The van der Waals surface area contributed by atoms with Crippen LogP contribution in [0.25, 0.3) is 0 Å². The molecule has 0 saturated heterocycles. The molecule has 138 valence electrons. The average molecular weight is 398 g/mol. The lowest BCUT2D eigenvalue weighted by Crippen LogP contribution is -2.53. The summed E-state index contributed by atoms with van der Waals surface area (Å²) >= 11 is 11.9. The second-order valence-corrected chi connectivity index (χ2v) is 6.37. The number of nitrogens with zero attached hydrogens (tertiary/aromatic N) is 1. The number of hydrogen-bond donors (Lipinski definition) is 1. The van der Waals surface area contributed by atoms with E-state index in [4.69, 9.17) is 32.7 Å². The molecule has 1 aromatic rings. The van der Waals surface area contributed by atoms with Crippen molar-refractivity contribution in [1.29, 1.82) is 0 Å². The molecule has 0 amide bonds. The van der Waals surface area contributed by atoms with E-state index in [-0.39, 0.29) is 18.2 Å². The number of aliphatic hydroxyl groups excluding tert-OH is 1. The fourth-order valence-corrected chi connectivity index (χ4v) is 2.81. The van der Waals surface area contributed by atoms with E-state index in [0.29, 0.717) is 12.5 Å². The van der Waals surface area contributed by atoms with Crippen molar-refractivity contribution in [3.63, 3.8) is 0 Å². The van der Waals surface area contributed by atoms with Crippen molar-refractivity contribution in [2.75, 3.05) is 6.61 Å². The van der Waals surface area contributed by atoms with Crippen LogP contribution in [-0.2, 0) is 4.74 Å². The Morgan fingerprint density at radius 2 is 2.08 bits per heavy atom. The summed E-state index contributed by atoms with van der Waals surface area (Å²) in [6.07, 6.45) is -3.58. The third-order valence-corrected chi connectivity index (χ3v) is 4.35. The summed E-state index contributed by atoms with van der Waals surface area (Å²) in [4.78, 5) is 0.755. The summed E-state index contributed by atoms with van der Waals surface area (Å²) in [5.74, 6) is -1.16. The highest BCUT2D eigenvalue weighted by molar-refractivity contribution is 6.34. The van der Waals surface area contributed by atoms with Gasteiger partial charge in [-0.05, 0) is 18.6 Å².